The highest BCUT2D eigenvalue weighted by atomic mass is 19.3. The van der Waals surface area contributed by atoms with Crippen molar-refractivity contribution in [1.29, 1.82) is 0 Å². The van der Waals surface area contributed by atoms with Crippen LogP contribution in [0.4, 0.5) is 20.4 Å². The molecule has 9 nitrogen and oxygen atoms in total. The van der Waals surface area contributed by atoms with Gasteiger partial charge in [-0.15, -0.1) is 5.10 Å². The van der Waals surface area contributed by atoms with Crippen LogP contribution in [0.15, 0.2) is 18.5 Å². The lowest BCUT2D eigenvalue weighted by Gasteiger charge is -2.21. The molecule has 2 aromatic heterocycles. The fraction of sp³-hybridized carbons (Fsp3) is 0.429. The molecule has 1 aliphatic rings. The third-order valence-electron chi connectivity index (χ3n) is 3.46. The smallest absolute Gasteiger partial charge is 0.388 e. The lowest BCUT2D eigenvalue weighted by Crippen LogP contribution is -2.35. The molecule has 1 aliphatic heterocycles. The van der Waals surface area contributed by atoms with Crippen molar-refractivity contribution in [2.45, 2.75) is 19.5 Å². The quantitative estimate of drug-likeness (QED) is 0.689. The number of rotatable bonds is 7. The largest absolute Gasteiger partial charge is 0.476 e. The van der Waals surface area contributed by atoms with Gasteiger partial charge in [-0.05, 0) is 6.42 Å². The molecule has 3 heterocycles. The Labute approximate surface area is 141 Å². The maximum atomic E-state index is 12.1. The number of alkyl halides is 2. The van der Waals surface area contributed by atoms with Gasteiger partial charge in [0.05, 0.1) is 19.0 Å². The Morgan fingerprint density at radius 1 is 1.36 bits per heavy atom. The first-order valence-electron chi connectivity index (χ1n) is 7.57. The Morgan fingerprint density at radius 2 is 2.24 bits per heavy atom. The highest BCUT2D eigenvalue weighted by Crippen LogP contribution is 2.20. The van der Waals surface area contributed by atoms with Crippen LogP contribution in [-0.4, -0.2) is 45.8 Å². The molecule has 0 radical (unpaired) electrons. The summed E-state index contributed by atoms with van der Waals surface area (Å²) in [6, 6.07) is 1.27. The first-order valence-corrected chi connectivity index (χ1v) is 7.57. The van der Waals surface area contributed by atoms with Crippen LogP contribution in [0.25, 0.3) is 0 Å². The number of amides is 1. The standard InChI is InChI=1S/C14H16F2N6O3/c15-14(16)25-12-4-9(21-22-12)19-10-5-17-6-13(20-10)24-7-8-1-2-18-11(23)3-8/h4-6,8,14H,1-3,7H2,(H,18,23)(H2,19,20,21,22)/t8-/m1/s1. The van der Waals surface area contributed by atoms with Crippen molar-refractivity contribution in [1.82, 2.24) is 25.5 Å². The number of carbonyl (C=O) groups excluding carboxylic acids is 1. The highest BCUT2D eigenvalue weighted by Gasteiger charge is 2.19. The van der Waals surface area contributed by atoms with Gasteiger partial charge in [0.2, 0.25) is 17.7 Å². The highest BCUT2D eigenvalue weighted by molar-refractivity contribution is 5.76. The summed E-state index contributed by atoms with van der Waals surface area (Å²) in [5.74, 6) is 0.849. The van der Waals surface area contributed by atoms with E-state index in [1.54, 1.807) is 0 Å². The van der Waals surface area contributed by atoms with Crippen molar-refractivity contribution in [2.75, 3.05) is 18.5 Å². The molecule has 0 bridgehead atoms. The SMILES string of the molecule is O=C1C[C@H](COc2cncc(Nc3cc(OC(F)F)n[nH]3)n2)CCN1. The summed E-state index contributed by atoms with van der Waals surface area (Å²) in [6.07, 6.45) is 4.16. The second kappa shape index (κ2) is 7.73. The maximum Gasteiger partial charge on any atom is 0.388 e. The fourth-order valence-electron chi connectivity index (χ4n) is 2.33. The number of aromatic amines is 1. The van der Waals surface area contributed by atoms with Crippen LogP contribution >= 0.6 is 0 Å². The molecule has 0 aromatic carbocycles. The molecule has 11 heteroatoms. The van der Waals surface area contributed by atoms with E-state index in [0.717, 1.165) is 6.42 Å². The summed E-state index contributed by atoms with van der Waals surface area (Å²) < 4.78 is 34.0. The zero-order chi connectivity index (χ0) is 17.6. The first-order chi connectivity index (χ1) is 12.1. The number of anilines is 2. The summed E-state index contributed by atoms with van der Waals surface area (Å²) in [7, 11) is 0. The van der Waals surface area contributed by atoms with Crippen LogP contribution in [0.2, 0.25) is 0 Å². The topological polar surface area (TPSA) is 114 Å². The predicted molar refractivity (Wildman–Crippen MR) is 81.8 cm³/mol. The normalized spacial score (nSPS) is 17.2. The molecule has 1 amide bonds. The molecule has 3 rings (SSSR count). The number of nitrogens with one attached hydrogen (secondary N) is 3. The molecular formula is C14H16F2N6O3. The van der Waals surface area contributed by atoms with E-state index >= 15 is 0 Å². The average Bonchev–Trinajstić information content (AvgIpc) is 2.99. The summed E-state index contributed by atoms with van der Waals surface area (Å²) in [5.41, 5.74) is 0. The minimum Gasteiger partial charge on any atom is -0.476 e. The number of ether oxygens (including phenoxy) is 2. The third kappa shape index (κ3) is 4.99. The monoisotopic (exact) mass is 354 g/mol. The summed E-state index contributed by atoms with van der Waals surface area (Å²) >= 11 is 0. The van der Waals surface area contributed by atoms with E-state index in [4.69, 9.17) is 4.74 Å². The molecule has 0 spiro atoms. The molecule has 25 heavy (non-hydrogen) atoms. The van der Waals surface area contributed by atoms with Crippen LogP contribution in [-0.2, 0) is 4.79 Å². The second-order valence-corrected chi connectivity index (χ2v) is 5.39. The minimum atomic E-state index is -2.95. The summed E-state index contributed by atoms with van der Waals surface area (Å²) in [6.45, 7) is -1.94. The van der Waals surface area contributed by atoms with Crippen LogP contribution in [0.3, 0.4) is 0 Å². The first kappa shape index (κ1) is 16.9. The Bertz CT molecular complexity index is 726. The maximum absolute atomic E-state index is 12.1. The summed E-state index contributed by atoms with van der Waals surface area (Å²) in [5, 5.41) is 11.7. The van der Waals surface area contributed by atoms with Gasteiger partial charge >= 0.3 is 6.61 Å². The number of hydrogen-bond acceptors (Lipinski definition) is 7. The molecule has 0 saturated carbocycles. The molecule has 1 fully saturated rings. The fourth-order valence-corrected chi connectivity index (χ4v) is 2.33. The van der Waals surface area contributed by atoms with Crippen molar-refractivity contribution in [3.8, 4) is 11.8 Å². The van der Waals surface area contributed by atoms with Crippen molar-refractivity contribution >= 4 is 17.5 Å². The van der Waals surface area contributed by atoms with Gasteiger partial charge in [-0.3, -0.25) is 14.9 Å². The number of aromatic nitrogens is 4. The number of nitrogens with zero attached hydrogens (tertiary/aromatic N) is 3. The van der Waals surface area contributed by atoms with Gasteiger partial charge in [0.1, 0.15) is 5.82 Å². The molecule has 134 valence electrons. The van der Waals surface area contributed by atoms with E-state index in [1.165, 1.54) is 18.5 Å². The Hall–Kier alpha value is -2.98. The minimum absolute atomic E-state index is 0.0161. The molecule has 0 aliphatic carbocycles. The van der Waals surface area contributed by atoms with E-state index in [-0.39, 0.29) is 17.7 Å². The lowest BCUT2D eigenvalue weighted by molar-refractivity contribution is -0.123. The molecular weight excluding hydrogens is 338 g/mol. The van der Waals surface area contributed by atoms with Gasteiger partial charge < -0.3 is 20.1 Å². The van der Waals surface area contributed by atoms with Gasteiger partial charge in [-0.1, -0.05) is 0 Å². The molecule has 3 N–H and O–H groups in total. The van der Waals surface area contributed by atoms with Gasteiger partial charge in [0, 0.05) is 24.9 Å². The Kier molecular flexibility index (Phi) is 5.21. The number of piperidine rings is 1. The second-order valence-electron chi connectivity index (χ2n) is 5.39. The van der Waals surface area contributed by atoms with E-state index in [1.807, 2.05) is 0 Å². The van der Waals surface area contributed by atoms with Crippen LogP contribution < -0.4 is 20.1 Å². The average molecular weight is 354 g/mol. The van der Waals surface area contributed by atoms with Crippen LogP contribution in [0.1, 0.15) is 12.8 Å². The van der Waals surface area contributed by atoms with E-state index < -0.39 is 6.61 Å². The number of carbonyl (C=O) groups is 1. The molecule has 1 atom stereocenters. The number of halogens is 2. The summed E-state index contributed by atoms with van der Waals surface area (Å²) in [4.78, 5) is 19.5. The van der Waals surface area contributed by atoms with Crippen LogP contribution in [0.5, 0.6) is 11.8 Å². The van der Waals surface area contributed by atoms with E-state index in [2.05, 4.69) is 35.5 Å². The predicted octanol–water partition coefficient (Wildman–Crippen LogP) is 1.45. The number of H-pyrrole nitrogens is 1. The van der Waals surface area contributed by atoms with Gasteiger partial charge in [-0.25, -0.2) is 0 Å². The van der Waals surface area contributed by atoms with Crippen molar-refractivity contribution in [2.24, 2.45) is 5.92 Å². The van der Waals surface area contributed by atoms with Crippen LogP contribution in [0, 0.1) is 5.92 Å². The van der Waals surface area contributed by atoms with Crippen molar-refractivity contribution in [3.63, 3.8) is 0 Å². The molecule has 2 aromatic rings. The van der Waals surface area contributed by atoms with E-state index in [0.29, 0.717) is 37.1 Å². The number of hydrogen-bond donors (Lipinski definition) is 3. The Balaban J connectivity index is 1.55. The van der Waals surface area contributed by atoms with Crippen molar-refractivity contribution in [3.05, 3.63) is 18.5 Å². The zero-order valence-corrected chi connectivity index (χ0v) is 13.0. The van der Waals surface area contributed by atoms with Gasteiger partial charge in [-0.2, -0.15) is 13.8 Å². The van der Waals surface area contributed by atoms with Crippen molar-refractivity contribution < 1.29 is 23.0 Å². The van der Waals surface area contributed by atoms with E-state index in [9.17, 15) is 13.6 Å². The lowest BCUT2D eigenvalue weighted by atomic mass is 9.99. The third-order valence-corrected chi connectivity index (χ3v) is 3.46. The molecule has 0 unspecified atom stereocenters. The zero-order valence-electron chi connectivity index (χ0n) is 13.0. The Morgan fingerprint density at radius 3 is 3.04 bits per heavy atom. The van der Waals surface area contributed by atoms with Gasteiger partial charge in [0.15, 0.2) is 5.82 Å². The van der Waals surface area contributed by atoms with Gasteiger partial charge in [0.25, 0.3) is 0 Å². The molecule has 1 saturated heterocycles.